The first-order chi connectivity index (χ1) is 9.08. The zero-order chi connectivity index (χ0) is 15.5. The summed E-state index contributed by atoms with van der Waals surface area (Å²) in [4.78, 5) is 14.2. The van der Waals surface area contributed by atoms with Gasteiger partial charge in [0.2, 0.25) is 15.9 Å². The van der Waals surface area contributed by atoms with E-state index in [-0.39, 0.29) is 24.0 Å². The van der Waals surface area contributed by atoms with Gasteiger partial charge in [-0.3, -0.25) is 4.79 Å². The SMILES string of the molecule is CC(C)C[C@H](NS(C)(=O)=O)C(=O)N1C[C@@H](C)O[C@H](C)C1. The van der Waals surface area contributed by atoms with Gasteiger partial charge in [-0.1, -0.05) is 13.8 Å². The van der Waals surface area contributed by atoms with E-state index in [1.807, 2.05) is 27.7 Å². The second kappa shape index (κ2) is 6.87. The van der Waals surface area contributed by atoms with Crippen molar-refractivity contribution in [3.8, 4) is 0 Å². The minimum atomic E-state index is -3.41. The Bertz CT molecular complexity index is 426. The van der Waals surface area contributed by atoms with Gasteiger partial charge in [0, 0.05) is 13.1 Å². The van der Waals surface area contributed by atoms with Crippen LogP contribution in [0.3, 0.4) is 0 Å². The fourth-order valence-corrected chi connectivity index (χ4v) is 3.22. The van der Waals surface area contributed by atoms with Gasteiger partial charge >= 0.3 is 0 Å². The lowest BCUT2D eigenvalue weighted by Crippen LogP contribution is -2.55. The quantitative estimate of drug-likeness (QED) is 0.806. The minimum absolute atomic E-state index is 0.0272. The molecule has 1 amide bonds. The van der Waals surface area contributed by atoms with Gasteiger partial charge in [0.1, 0.15) is 6.04 Å². The van der Waals surface area contributed by atoms with Crippen LogP contribution in [0.4, 0.5) is 0 Å². The van der Waals surface area contributed by atoms with E-state index in [1.165, 1.54) is 0 Å². The number of rotatable bonds is 5. The van der Waals surface area contributed by atoms with E-state index in [9.17, 15) is 13.2 Å². The number of sulfonamides is 1. The summed E-state index contributed by atoms with van der Waals surface area (Å²) in [7, 11) is -3.41. The van der Waals surface area contributed by atoms with E-state index >= 15 is 0 Å². The molecule has 20 heavy (non-hydrogen) atoms. The summed E-state index contributed by atoms with van der Waals surface area (Å²) in [6.07, 6.45) is 1.52. The fourth-order valence-electron chi connectivity index (χ4n) is 2.51. The second-order valence-electron chi connectivity index (χ2n) is 6.07. The lowest BCUT2D eigenvalue weighted by Gasteiger charge is -2.37. The van der Waals surface area contributed by atoms with E-state index < -0.39 is 16.1 Å². The van der Waals surface area contributed by atoms with Crippen molar-refractivity contribution < 1.29 is 17.9 Å². The third-order valence-electron chi connectivity index (χ3n) is 3.09. The second-order valence-corrected chi connectivity index (χ2v) is 7.85. The zero-order valence-corrected chi connectivity index (χ0v) is 13.7. The lowest BCUT2D eigenvalue weighted by atomic mass is 10.0. The maximum absolute atomic E-state index is 12.5. The Kier molecular flexibility index (Phi) is 5.97. The number of carbonyl (C=O) groups excluding carboxylic acids is 1. The molecular formula is C13H26N2O4S. The molecule has 1 aliphatic rings. The van der Waals surface area contributed by atoms with Crippen LogP contribution in [0.2, 0.25) is 0 Å². The molecule has 7 heteroatoms. The molecule has 1 aliphatic heterocycles. The third-order valence-corrected chi connectivity index (χ3v) is 3.81. The average Bonchev–Trinajstić information content (AvgIpc) is 2.23. The minimum Gasteiger partial charge on any atom is -0.372 e. The Morgan fingerprint density at radius 2 is 1.80 bits per heavy atom. The van der Waals surface area contributed by atoms with Crippen molar-refractivity contribution in [3.63, 3.8) is 0 Å². The van der Waals surface area contributed by atoms with Crippen molar-refractivity contribution in [2.75, 3.05) is 19.3 Å². The molecule has 3 atom stereocenters. The van der Waals surface area contributed by atoms with Crippen molar-refractivity contribution >= 4 is 15.9 Å². The van der Waals surface area contributed by atoms with Gasteiger partial charge in [0.25, 0.3) is 0 Å². The molecule has 0 saturated carbocycles. The molecule has 0 spiro atoms. The molecule has 0 aliphatic carbocycles. The number of ether oxygens (including phenoxy) is 1. The van der Waals surface area contributed by atoms with Crippen molar-refractivity contribution in [1.82, 2.24) is 9.62 Å². The molecular weight excluding hydrogens is 280 g/mol. The fraction of sp³-hybridized carbons (Fsp3) is 0.923. The summed E-state index contributed by atoms with van der Waals surface area (Å²) in [5, 5.41) is 0. The topological polar surface area (TPSA) is 75.7 Å². The van der Waals surface area contributed by atoms with Crippen molar-refractivity contribution in [2.24, 2.45) is 5.92 Å². The number of nitrogens with zero attached hydrogens (tertiary/aromatic N) is 1. The van der Waals surface area contributed by atoms with Crippen molar-refractivity contribution in [3.05, 3.63) is 0 Å². The smallest absolute Gasteiger partial charge is 0.240 e. The molecule has 118 valence electrons. The van der Waals surface area contributed by atoms with E-state index in [2.05, 4.69) is 4.72 Å². The molecule has 0 aromatic heterocycles. The van der Waals surface area contributed by atoms with Crippen molar-refractivity contribution in [2.45, 2.75) is 52.4 Å². The summed E-state index contributed by atoms with van der Waals surface area (Å²) < 4.78 is 30.9. The molecule has 0 bridgehead atoms. The van der Waals surface area contributed by atoms with Gasteiger partial charge in [-0.2, -0.15) is 0 Å². The first-order valence-electron chi connectivity index (χ1n) is 7.00. The highest BCUT2D eigenvalue weighted by molar-refractivity contribution is 7.88. The third kappa shape index (κ3) is 5.76. The van der Waals surface area contributed by atoms with Gasteiger partial charge in [-0.25, -0.2) is 13.1 Å². The van der Waals surface area contributed by atoms with Crippen LogP contribution in [0.15, 0.2) is 0 Å². The van der Waals surface area contributed by atoms with E-state index in [1.54, 1.807) is 4.90 Å². The Hall–Kier alpha value is -0.660. The molecule has 0 aromatic rings. The Balaban J connectivity index is 2.81. The van der Waals surface area contributed by atoms with Crippen molar-refractivity contribution in [1.29, 1.82) is 0 Å². The summed E-state index contributed by atoms with van der Waals surface area (Å²) >= 11 is 0. The number of hydrogen-bond acceptors (Lipinski definition) is 4. The van der Waals surface area contributed by atoms with E-state index in [0.29, 0.717) is 19.5 Å². The average molecular weight is 306 g/mol. The summed E-state index contributed by atoms with van der Waals surface area (Å²) in [6, 6.07) is -0.692. The Labute approximate surface area is 121 Å². The van der Waals surface area contributed by atoms with Crippen LogP contribution in [0.5, 0.6) is 0 Å². The molecule has 1 fully saturated rings. The molecule has 1 rings (SSSR count). The summed E-state index contributed by atoms with van der Waals surface area (Å²) in [6.45, 7) is 8.77. The molecule has 1 heterocycles. The lowest BCUT2D eigenvalue weighted by molar-refractivity contribution is -0.145. The van der Waals surface area contributed by atoms with E-state index in [4.69, 9.17) is 4.74 Å². The Morgan fingerprint density at radius 1 is 1.30 bits per heavy atom. The highest BCUT2D eigenvalue weighted by Crippen LogP contribution is 2.15. The molecule has 1 saturated heterocycles. The van der Waals surface area contributed by atoms with Crippen LogP contribution in [0.1, 0.15) is 34.1 Å². The number of carbonyl (C=O) groups is 1. The van der Waals surface area contributed by atoms with Gasteiger partial charge < -0.3 is 9.64 Å². The van der Waals surface area contributed by atoms with Crippen LogP contribution in [-0.4, -0.2) is 56.8 Å². The first-order valence-corrected chi connectivity index (χ1v) is 8.89. The molecule has 1 N–H and O–H groups in total. The summed E-state index contributed by atoms with van der Waals surface area (Å²) in [5.74, 6) is 0.0696. The van der Waals surface area contributed by atoms with E-state index in [0.717, 1.165) is 6.26 Å². The van der Waals surface area contributed by atoms with Crippen LogP contribution in [0.25, 0.3) is 0 Å². The predicted molar refractivity (Wildman–Crippen MR) is 77.8 cm³/mol. The number of hydrogen-bond donors (Lipinski definition) is 1. The predicted octanol–water partition coefficient (Wildman–Crippen LogP) is 0.586. The monoisotopic (exact) mass is 306 g/mol. The van der Waals surface area contributed by atoms with Crippen LogP contribution < -0.4 is 4.72 Å². The maximum atomic E-state index is 12.5. The summed E-state index contributed by atoms with van der Waals surface area (Å²) in [5.41, 5.74) is 0. The Morgan fingerprint density at radius 3 is 2.20 bits per heavy atom. The molecule has 0 aromatic carbocycles. The maximum Gasteiger partial charge on any atom is 0.240 e. The first kappa shape index (κ1) is 17.4. The highest BCUT2D eigenvalue weighted by atomic mass is 32.2. The van der Waals surface area contributed by atoms with Gasteiger partial charge in [0.15, 0.2) is 0 Å². The largest absolute Gasteiger partial charge is 0.372 e. The highest BCUT2D eigenvalue weighted by Gasteiger charge is 2.32. The normalized spacial score (nSPS) is 25.8. The zero-order valence-electron chi connectivity index (χ0n) is 12.9. The van der Waals surface area contributed by atoms with Crippen LogP contribution in [0, 0.1) is 5.92 Å². The molecule has 6 nitrogen and oxygen atoms in total. The number of nitrogens with one attached hydrogen (secondary N) is 1. The van der Waals surface area contributed by atoms with Gasteiger partial charge in [-0.15, -0.1) is 0 Å². The van der Waals surface area contributed by atoms with Crippen LogP contribution >= 0.6 is 0 Å². The molecule has 0 unspecified atom stereocenters. The van der Waals surface area contributed by atoms with Crippen LogP contribution in [-0.2, 0) is 19.6 Å². The molecule has 0 radical (unpaired) electrons. The standard InChI is InChI=1S/C13H26N2O4S/c1-9(2)6-12(14-20(5,17)18)13(16)15-7-10(3)19-11(4)8-15/h9-12,14H,6-8H2,1-5H3/t10-,11-,12+/m1/s1. The van der Waals surface area contributed by atoms with Gasteiger partial charge in [-0.05, 0) is 26.2 Å². The number of morpholine rings is 1. The number of amides is 1. The van der Waals surface area contributed by atoms with Gasteiger partial charge in [0.05, 0.1) is 18.5 Å².